The number of hydrogen-bond donors (Lipinski definition) is 1. The van der Waals surface area contributed by atoms with Crippen molar-refractivity contribution in [3.63, 3.8) is 0 Å². The second-order valence-electron chi connectivity index (χ2n) is 4.43. The molecule has 0 radical (unpaired) electrons. The van der Waals surface area contributed by atoms with Crippen LogP contribution < -0.4 is 10.1 Å². The van der Waals surface area contributed by atoms with E-state index >= 15 is 0 Å². The molecule has 21 heavy (non-hydrogen) atoms. The SMILES string of the molecule is CCNc1nc(Oc2ccccc2Br)c2ccccc2n1. The van der Waals surface area contributed by atoms with Crippen molar-refractivity contribution in [1.29, 1.82) is 0 Å². The van der Waals surface area contributed by atoms with E-state index < -0.39 is 0 Å². The summed E-state index contributed by atoms with van der Waals surface area (Å²) in [6.45, 7) is 2.76. The number of hydrogen-bond acceptors (Lipinski definition) is 4. The lowest BCUT2D eigenvalue weighted by Gasteiger charge is -2.11. The van der Waals surface area contributed by atoms with Crippen molar-refractivity contribution in [2.45, 2.75) is 6.92 Å². The van der Waals surface area contributed by atoms with Gasteiger partial charge in [0.15, 0.2) is 0 Å². The van der Waals surface area contributed by atoms with Gasteiger partial charge in [-0.15, -0.1) is 0 Å². The van der Waals surface area contributed by atoms with Gasteiger partial charge in [-0.3, -0.25) is 0 Å². The third kappa shape index (κ3) is 2.97. The van der Waals surface area contributed by atoms with E-state index in [9.17, 15) is 0 Å². The number of nitrogens with zero attached hydrogens (tertiary/aromatic N) is 2. The second kappa shape index (κ2) is 6.10. The highest BCUT2D eigenvalue weighted by molar-refractivity contribution is 9.10. The zero-order valence-corrected chi connectivity index (χ0v) is 13.1. The summed E-state index contributed by atoms with van der Waals surface area (Å²) < 4.78 is 6.86. The Hall–Kier alpha value is -2.14. The second-order valence-corrected chi connectivity index (χ2v) is 5.29. The Labute approximate surface area is 131 Å². The van der Waals surface area contributed by atoms with Crippen LogP contribution in [0.5, 0.6) is 11.6 Å². The van der Waals surface area contributed by atoms with Gasteiger partial charge < -0.3 is 10.1 Å². The Morgan fingerprint density at radius 2 is 1.81 bits per heavy atom. The van der Waals surface area contributed by atoms with Crippen LogP contribution in [0.15, 0.2) is 53.0 Å². The van der Waals surface area contributed by atoms with Gasteiger partial charge in [0.05, 0.1) is 15.4 Å². The first kappa shape index (κ1) is 13.8. The van der Waals surface area contributed by atoms with E-state index in [1.165, 1.54) is 0 Å². The minimum atomic E-state index is 0.545. The van der Waals surface area contributed by atoms with Crippen LogP contribution in [0.1, 0.15) is 6.92 Å². The van der Waals surface area contributed by atoms with Crippen molar-refractivity contribution in [1.82, 2.24) is 9.97 Å². The minimum absolute atomic E-state index is 0.545. The summed E-state index contributed by atoms with van der Waals surface area (Å²) in [6.07, 6.45) is 0. The smallest absolute Gasteiger partial charge is 0.232 e. The molecule has 0 aliphatic rings. The first-order chi connectivity index (χ1) is 10.3. The minimum Gasteiger partial charge on any atom is -0.437 e. The Morgan fingerprint density at radius 1 is 1.05 bits per heavy atom. The van der Waals surface area contributed by atoms with Crippen LogP contribution in [0.2, 0.25) is 0 Å². The zero-order valence-electron chi connectivity index (χ0n) is 11.5. The molecule has 1 aromatic heterocycles. The Bertz CT molecular complexity index is 776. The van der Waals surface area contributed by atoms with Crippen molar-refractivity contribution in [3.05, 3.63) is 53.0 Å². The quantitative estimate of drug-likeness (QED) is 0.750. The molecular weight excluding hydrogens is 330 g/mol. The first-order valence-corrected chi connectivity index (χ1v) is 7.50. The fourth-order valence-electron chi connectivity index (χ4n) is 1.99. The van der Waals surface area contributed by atoms with E-state index in [0.29, 0.717) is 11.8 Å². The highest BCUT2D eigenvalue weighted by atomic mass is 79.9. The number of para-hydroxylation sites is 2. The third-order valence-corrected chi connectivity index (χ3v) is 3.60. The highest BCUT2D eigenvalue weighted by Gasteiger charge is 2.10. The largest absolute Gasteiger partial charge is 0.437 e. The molecule has 0 atom stereocenters. The monoisotopic (exact) mass is 343 g/mol. The number of nitrogens with one attached hydrogen (secondary N) is 1. The molecule has 5 heteroatoms. The third-order valence-electron chi connectivity index (χ3n) is 2.95. The molecule has 0 unspecified atom stereocenters. The highest BCUT2D eigenvalue weighted by Crippen LogP contribution is 2.32. The zero-order chi connectivity index (χ0) is 14.7. The summed E-state index contributed by atoms with van der Waals surface area (Å²) in [4.78, 5) is 8.94. The van der Waals surface area contributed by atoms with E-state index in [0.717, 1.165) is 27.7 Å². The van der Waals surface area contributed by atoms with Gasteiger partial charge in [-0.05, 0) is 47.1 Å². The normalized spacial score (nSPS) is 10.6. The molecule has 0 fully saturated rings. The Balaban J connectivity index is 2.09. The first-order valence-electron chi connectivity index (χ1n) is 6.71. The van der Waals surface area contributed by atoms with E-state index in [1.54, 1.807) is 0 Å². The lowest BCUT2D eigenvalue weighted by molar-refractivity contribution is 0.466. The van der Waals surface area contributed by atoms with E-state index in [1.807, 2.05) is 55.5 Å². The van der Waals surface area contributed by atoms with Gasteiger partial charge >= 0.3 is 0 Å². The average Bonchev–Trinajstić information content (AvgIpc) is 2.50. The number of fused-ring (bicyclic) bond motifs is 1. The van der Waals surface area contributed by atoms with Gasteiger partial charge in [0.2, 0.25) is 11.8 Å². The van der Waals surface area contributed by atoms with Crippen LogP contribution >= 0.6 is 15.9 Å². The fraction of sp³-hybridized carbons (Fsp3) is 0.125. The van der Waals surface area contributed by atoms with Crippen LogP contribution in [0.3, 0.4) is 0 Å². The molecule has 0 saturated carbocycles. The van der Waals surface area contributed by atoms with Gasteiger partial charge in [-0.1, -0.05) is 24.3 Å². The number of aromatic nitrogens is 2. The van der Waals surface area contributed by atoms with Crippen LogP contribution in [0.25, 0.3) is 10.9 Å². The molecule has 106 valence electrons. The van der Waals surface area contributed by atoms with E-state index in [-0.39, 0.29) is 0 Å². The molecule has 3 rings (SSSR count). The molecular formula is C16H14BrN3O. The Morgan fingerprint density at radius 3 is 2.62 bits per heavy atom. The molecule has 2 aromatic carbocycles. The van der Waals surface area contributed by atoms with Crippen molar-refractivity contribution in [2.75, 3.05) is 11.9 Å². The number of ether oxygens (including phenoxy) is 1. The standard InChI is InChI=1S/C16H14BrN3O/c1-2-18-16-19-13-9-5-3-7-11(13)15(20-16)21-14-10-6-4-8-12(14)17/h3-10H,2H2,1H3,(H,18,19,20). The van der Waals surface area contributed by atoms with E-state index in [4.69, 9.17) is 4.74 Å². The van der Waals surface area contributed by atoms with Crippen LogP contribution in [-0.4, -0.2) is 16.5 Å². The summed E-state index contributed by atoms with van der Waals surface area (Å²) in [5, 5.41) is 4.01. The van der Waals surface area contributed by atoms with Gasteiger partial charge in [0, 0.05) is 6.54 Å². The molecule has 0 aliphatic carbocycles. The maximum absolute atomic E-state index is 5.97. The molecule has 4 nitrogen and oxygen atoms in total. The molecule has 3 aromatic rings. The predicted octanol–water partition coefficient (Wildman–Crippen LogP) is 4.62. The lowest BCUT2D eigenvalue weighted by atomic mass is 10.2. The molecule has 0 spiro atoms. The number of anilines is 1. The molecule has 0 amide bonds. The van der Waals surface area contributed by atoms with Crippen molar-refractivity contribution >= 4 is 32.8 Å². The Kier molecular flexibility index (Phi) is 4.01. The maximum Gasteiger partial charge on any atom is 0.232 e. The van der Waals surface area contributed by atoms with Crippen molar-refractivity contribution in [2.24, 2.45) is 0 Å². The van der Waals surface area contributed by atoms with E-state index in [2.05, 4.69) is 31.2 Å². The molecule has 0 bridgehead atoms. The molecule has 1 N–H and O–H groups in total. The lowest BCUT2D eigenvalue weighted by Crippen LogP contribution is -2.03. The van der Waals surface area contributed by atoms with Gasteiger partial charge in [0.25, 0.3) is 0 Å². The summed E-state index contributed by atoms with van der Waals surface area (Å²) in [6, 6.07) is 15.5. The van der Waals surface area contributed by atoms with Gasteiger partial charge in [-0.25, -0.2) is 4.98 Å². The van der Waals surface area contributed by atoms with Crippen LogP contribution in [0.4, 0.5) is 5.95 Å². The molecule has 0 saturated heterocycles. The number of halogens is 1. The summed E-state index contributed by atoms with van der Waals surface area (Å²) in [7, 11) is 0. The van der Waals surface area contributed by atoms with Crippen molar-refractivity contribution < 1.29 is 4.74 Å². The van der Waals surface area contributed by atoms with Crippen molar-refractivity contribution in [3.8, 4) is 11.6 Å². The topological polar surface area (TPSA) is 47.0 Å². The molecule has 1 heterocycles. The van der Waals surface area contributed by atoms with Crippen LogP contribution in [0, 0.1) is 0 Å². The number of benzene rings is 2. The fourth-order valence-corrected chi connectivity index (χ4v) is 2.36. The number of rotatable bonds is 4. The van der Waals surface area contributed by atoms with Crippen LogP contribution in [-0.2, 0) is 0 Å². The molecule has 0 aliphatic heterocycles. The summed E-state index contributed by atoms with van der Waals surface area (Å²) in [5.74, 6) is 1.84. The predicted molar refractivity (Wildman–Crippen MR) is 87.9 cm³/mol. The average molecular weight is 344 g/mol. The van der Waals surface area contributed by atoms with Gasteiger partial charge in [-0.2, -0.15) is 4.98 Å². The van der Waals surface area contributed by atoms with Gasteiger partial charge in [0.1, 0.15) is 5.75 Å². The maximum atomic E-state index is 5.97. The summed E-state index contributed by atoms with van der Waals surface area (Å²) in [5.41, 5.74) is 0.852. The summed E-state index contributed by atoms with van der Waals surface area (Å²) >= 11 is 3.48.